The molecule has 0 saturated carbocycles. The molecule has 4 rings (SSSR count). The quantitative estimate of drug-likeness (QED) is 0.516. The van der Waals surface area contributed by atoms with Gasteiger partial charge in [-0.15, -0.1) is 0 Å². The average molecular weight is 337 g/mol. The number of hydrogen-bond donors (Lipinski definition) is 0. The van der Waals surface area contributed by atoms with Gasteiger partial charge in [0.15, 0.2) is 0 Å². The molecule has 0 N–H and O–H groups in total. The van der Waals surface area contributed by atoms with Gasteiger partial charge in [0, 0.05) is 42.9 Å². The second-order valence-corrected chi connectivity index (χ2v) is 5.67. The van der Waals surface area contributed by atoms with E-state index in [9.17, 15) is 20.2 Å². The summed E-state index contributed by atoms with van der Waals surface area (Å²) in [5, 5.41) is 21.9. The first-order chi connectivity index (χ1) is 12.0. The lowest BCUT2D eigenvalue weighted by Gasteiger charge is -1.96. The number of allylic oxidation sites excluding steroid dienone is 1. The second-order valence-electron chi connectivity index (χ2n) is 5.67. The van der Waals surface area contributed by atoms with Crippen LogP contribution in [-0.4, -0.2) is 14.4 Å². The van der Waals surface area contributed by atoms with Crippen LogP contribution in [0.4, 0.5) is 11.4 Å². The molecule has 2 aromatic carbocycles. The van der Waals surface area contributed by atoms with Gasteiger partial charge in [0.2, 0.25) is 0 Å². The van der Waals surface area contributed by atoms with Gasteiger partial charge in [0.25, 0.3) is 11.4 Å². The van der Waals surface area contributed by atoms with Gasteiger partial charge in [-0.05, 0) is 35.7 Å². The third-order valence-electron chi connectivity index (χ3n) is 4.06. The molecule has 0 aliphatic heterocycles. The Morgan fingerprint density at radius 1 is 0.960 bits per heavy atom. The molecule has 7 nitrogen and oxygen atoms in total. The summed E-state index contributed by atoms with van der Waals surface area (Å²) in [6.07, 6.45) is 6.69. The molecule has 0 radical (unpaired) electrons. The number of fused-ring (bicyclic) bond motifs is 2. The molecule has 1 heterocycles. The number of non-ortho nitro benzene ring substituents is 2. The number of nitrogens with zero attached hydrogens (tertiary/aromatic N) is 3. The fourth-order valence-electron chi connectivity index (χ4n) is 2.72. The number of nitro groups is 2. The van der Waals surface area contributed by atoms with E-state index in [0.717, 1.165) is 28.5 Å². The van der Waals surface area contributed by atoms with Crippen LogP contribution in [-0.2, 0) is 13.5 Å². The van der Waals surface area contributed by atoms with Gasteiger partial charge in [-0.3, -0.25) is 20.2 Å². The maximum absolute atomic E-state index is 10.5. The first-order valence-corrected chi connectivity index (χ1v) is 7.59. The van der Waals surface area contributed by atoms with E-state index in [1.165, 1.54) is 12.1 Å². The summed E-state index contributed by atoms with van der Waals surface area (Å²) in [4.78, 5) is 20.1. The zero-order valence-corrected chi connectivity index (χ0v) is 13.5. The number of aryl methyl sites for hydroxylation is 1. The van der Waals surface area contributed by atoms with Crippen LogP contribution >= 0.6 is 0 Å². The molecule has 25 heavy (non-hydrogen) atoms. The van der Waals surface area contributed by atoms with Crippen molar-refractivity contribution in [1.82, 2.24) is 4.57 Å². The highest BCUT2D eigenvalue weighted by Gasteiger charge is 2.11. The van der Waals surface area contributed by atoms with E-state index in [2.05, 4.69) is 0 Å². The summed E-state index contributed by atoms with van der Waals surface area (Å²) in [6.45, 7) is 0. The average Bonchev–Trinajstić information content (AvgIpc) is 3.21. The van der Waals surface area contributed by atoms with Crippen LogP contribution in [0, 0.1) is 20.2 Å². The smallest absolute Gasteiger partial charge is 0.271 e. The van der Waals surface area contributed by atoms with Crippen LogP contribution < -0.4 is 0 Å². The normalized spacial score (nSPS) is 11.7. The van der Waals surface area contributed by atoms with Gasteiger partial charge in [-0.2, -0.15) is 0 Å². The monoisotopic (exact) mass is 337 g/mol. The lowest BCUT2D eigenvalue weighted by Crippen LogP contribution is -1.89. The number of rotatable bonds is 2. The minimum absolute atomic E-state index is 0.134. The van der Waals surface area contributed by atoms with Crippen molar-refractivity contribution >= 4 is 28.4 Å². The lowest BCUT2D eigenvalue weighted by atomic mass is 10.1. The molecule has 0 unspecified atom stereocenters. The van der Waals surface area contributed by atoms with Crippen LogP contribution in [0.25, 0.3) is 17.0 Å². The molecule has 1 aliphatic rings. The van der Waals surface area contributed by atoms with Crippen molar-refractivity contribution < 1.29 is 9.85 Å². The summed E-state index contributed by atoms with van der Waals surface area (Å²) in [5.41, 5.74) is 3.34. The highest BCUT2D eigenvalue weighted by molar-refractivity contribution is 5.82. The number of aromatic nitrogens is 1. The molecule has 1 aliphatic carbocycles. The van der Waals surface area contributed by atoms with Crippen LogP contribution in [0.15, 0.2) is 54.7 Å². The fraction of sp³-hybridized carbons (Fsp3) is 0.111. The van der Waals surface area contributed by atoms with Crippen molar-refractivity contribution in [3.8, 4) is 0 Å². The summed E-state index contributed by atoms with van der Waals surface area (Å²) >= 11 is 0. The van der Waals surface area contributed by atoms with E-state index in [4.69, 9.17) is 0 Å². The predicted octanol–water partition coefficient (Wildman–Crippen LogP) is 4.25. The Bertz CT molecular complexity index is 1000. The van der Waals surface area contributed by atoms with Gasteiger partial charge >= 0.3 is 0 Å². The molecule has 3 aromatic rings. The Hall–Kier alpha value is -3.48. The third-order valence-corrected chi connectivity index (χ3v) is 4.06. The fourth-order valence-corrected chi connectivity index (χ4v) is 2.72. The van der Waals surface area contributed by atoms with Crippen LogP contribution in [0.3, 0.4) is 0 Å². The minimum Gasteiger partial charge on any atom is -0.350 e. The maximum atomic E-state index is 10.5. The maximum Gasteiger partial charge on any atom is 0.271 e. The Labute approximate surface area is 143 Å². The molecule has 7 heteroatoms. The predicted molar refractivity (Wildman–Crippen MR) is 95.4 cm³/mol. The summed E-state index contributed by atoms with van der Waals surface area (Å²) < 4.78 is 1.86. The van der Waals surface area contributed by atoms with Crippen molar-refractivity contribution in [2.24, 2.45) is 7.05 Å². The van der Waals surface area contributed by atoms with Crippen LogP contribution in [0.1, 0.15) is 11.1 Å². The molecule has 0 amide bonds. The van der Waals surface area contributed by atoms with Gasteiger partial charge < -0.3 is 4.57 Å². The lowest BCUT2D eigenvalue weighted by molar-refractivity contribution is -0.385. The van der Waals surface area contributed by atoms with E-state index in [1.807, 2.05) is 36.0 Å². The van der Waals surface area contributed by atoms with Crippen molar-refractivity contribution in [2.45, 2.75) is 6.42 Å². The SMILES string of the molecule is Cn1ccc2ccc([N+](=O)[O-])cc21.O=[N+]([O-])c1ccc2c(c1)CC=C2. The number of benzene rings is 2. The number of nitro benzene ring substituents is 2. The summed E-state index contributed by atoms with van der Waals surface area (Å²) in [6, 6.07) is 11.7. The zero-order chi connectivity index (χ0) is 18.0. The zero-order valence-electron chi connectivity index (χ0n) is 13.5. The van der Waals surface area contributed by atoms with E-state index < -0.39 is 0 Å². The molecule has 0 fully saturated rings. The minimum atomic E-state index is -0.382. The number of hydrogen-bond acceptors (Lipinski definition) is 4. The van der Waals surface area contributed by atoms with E-state index in [0.29, 0.717) is 0 Å². The molecule has 126 valence electrons. The van der Waals surface area contributed by atoms with Crippen molar-refractivity contribution in [3.63, 3.8) is 0 Å². The highest BCUT2D eigenvalue weighted by Crippen LogP contribution is 2.24. The molecule has 0 saturated heterocycles. The van der Waals surface area contributed by atoms with Gasteiger partial charge in [0.05, 0.1) is 15.4 Å². The Balaban J connectivity index is 0.000000146. The highest BCUT2D eigenvalue weighted by atomic mass is 16.6. The largest absolute Gasteiger partial charge is 0.350 e. The van der Waals surface area contributed by atoms with Crippen molar-refractivity contribution in [1.29, 1.82) is 0 Å². The molecule has 0 atom stereocenters. The summed E-state index contributed by atoms with van der Waals surface area (Å²) in [5.74, 6) is 0. The topological polar surface area (TPSA) is 91.2 Å². The Kier molecular flexibility index (Phi) is 4.30. The third kappa shape index (κ3) is 3.40. The first kappa shape index (κ1) is 16.4. The van der Waals surface area contributed by atoms with Gasteiger partial charge in [-0.1, -0.05) is 12.2 Å². The van der Waals surface area contributed by atoms with Gasteiger partial charge in [-0.25, -0.2) is 0 Å². The van der Waals surface area contributed by atoms with E-state index in [-0.39, 0.29) is 21.2 Å². The molecule has 0 spiro atoms. The standard InChI is InChI=1S/C9H8N2O2.C9H7NO2/c1-10-5-4-7-2-3-8(11(12)13)6-9(7)10;11-10(12)9-5-4-7-2-1-3-8(7)6-9/h2-6H,1H3;1-2,4-6H,3H2. The van der Waals surface area contributed by atoms with Gasteiger partial charge in [0.1, 0.15) is 0 Å². The Morgan fingerprint density at radius 2 is 1.64 bits per heavy atom. The van der Waals surface area contributed by atoms with E-state index in [1.54, 1.807) is 24.3 Å². The van der Waals surface area contributed by atoms with Crippen LogP contribution in [0.2, 0.25) is 0 Å². The van der Waals surface area contributed by atoms with Crippen molar-refractivity contribution in [3.05, 3.63) is 86.1 Å². The van der Waals surface area contributed by atoms with Crippen molar-refractivity contribution in [2.75, 3.05) is 0 Å². The molecular formula is C18H15N3O4. The molecular weight excluding hydrogens is 322 g/mol. The first-order valence-electron chi connectivity index (χ1n) is 7.59. The summed E-state index contributed by atoms with van der Waals surface area (Å²) in [7, 11) is 1.87. The van der Waals surface area contributed by atoms with E-state index >= 15 is 0 Å². The van der Waals surface area contributed by atoms with Crippen LogP contribution in [0.5, 0.6) is 0 Å². The molecule has 0 bridgehead atoms. The Morgan fingerprint density at radius 3 is 2.36 bits per heavy atom. The second kappa shape index (κ2) is 6.56. The molecule has 1 aromatic heterocycles.